The van der Waals surface area contributed by atoms with E-state index in [0.717, 1.165) is 0 Å². The maximum Gasteiger partial charge on any atom is 0.416 e. The number of benzene rings is 1. The van der Waals surface area contributed by atoms with Crippen LogP contribution in [0.15, 0.2) is 24.2 Å². The standard InChI is InChI=1S/C11H13F3N2/c12-11(13,14)9-1-3-10(4-2-9)16-7-5-15-6-8-16/h1-4,15H,5-8H2/i1D,2D,3D,4D,5D2,6D2,7D2,8D2. The quantitative estimate of drug-likeness (QED) is 0.811. The molecule has 1 aliphatic heterocycles. The lowest BCUT2D eigenvalue weighted by atomic mass is 10.2. The van der Waals surface area contributed by atoms with Gasteiger partial charge in [0.25, 0.3) is 0 Å². The highest BCUT2D eigenvalue weighted by molar-refractivity contribution is 5.48. The Hall–Kier alpha value is -1.23. The van der Waals surface area contributed by atoms with Gasteiger partial charge < -0.3 is 10.2 Å². The Morgan fingerprint density at radius 3 is 2.25 bits per heavy atom. The molecular formula is C11H13F3N2. The summed E-state index contributed by atoms with van der Waals surface area (Å²) in [5.41, 5.74) is -3.30. The van der Waals surface area contributed by atoms with E-state index in [4.69, 9.17) is 16.4 Å². The Labute approximate surface area is 109 Å². The molecule has 0 unspecified atom stereocenters. The average Bonchev–Trinajstić information content (AvgIpc) is 2.45. The maximum atomic E-state index is 13.1. The van der Waals surface area contributed by atoms with Gasteiger partial charge in [-0.15, -0.1) is 0 Å². The van der Waals surface area contributed by atoms with Crippen LogP contribution in [-0.2, 0) is 6.18 Å². The topological polar surface area (TPSA) is 15.3 Å². The van der Waals surface area contributed by atoms with E-state index in [1.54, 1.807) is 0 Å². The van der Waals surface area contributed by atoms with Crippen LogP contribution in [0.4, 0.5) is 18.9 Å². The first-order valence-electron chi connectivity index (χ1n) is 9.99. The van der Waals surface area contributed by atoms with Gasteiger partial charge in [-0.25, -0.2) is 0 Å². The highest BCUT2D eigenvalue weighted by Gasteiger charge is 2.30. The molecular weight excluding hydrogens is 217 g/mol. The van der Waals surface area contributed by atoms with E-state index in [9.17, 15) is 13.2 Å². The molecule has 1 aromatic rings. The minimum Gasteiger partial charge on any atom is -0.369 e. The zero-order valence-corrected chi connectivity index (χ0v) is 7.58. The molecule has 0 aromatic heterocycles. The predicted octanol–water partition coefficient (Wildman–Crippen LogP) is 2.12. The highest BCUT2D eigenvalue weighted by Crippen LogP contribution is 2.30. The van der Waals surface area contributed by atoms with E-state index in [2.05, 4.69) is 0 Å². The Morgan fingerprint density at radius 2 is 1.75 bits per heavy atom. The zero-order valence-electron chi connectivity index (χ0n) is 19.6. The largest absolute Gasteiger partial charge is 0.416 e. The summed E-state index contributed by atoms with van der Waals surface area (Å²) in [7, 11) is 0. The van der Waals surface area contributed by atoms with Crippen LogP contribution < -0.4 is 10.2 Å². The van der Waals surface area contributed by atoms with E-state index in [-0.39, 0.29) is 4.90 Å². The molecule has 88 valence electrons. The second-order valence-corrected chi connectivity index (χ2v) is 2.66. The van der Waals surface area contributed by atoms with Crippen LogP contribution in [0.2, 0.25) is 0 Å². The van der Waals surface area contributed by atoms with Crippen molar-refractivity contribution in [3.8, 4) is 0 Å². The number of anilines is 1. The summed E-state index contributed by atoms with van der Waals surface area (Å²) in [5.74, 6) is 0. The van der Waals surface area contributed by atoms with E-state index >= 15 is 0 Å². The molecule has 1 aromatic carbocycles. The van der Waals surface area contributed by atoms with E-state index < -0.39 is 67.6 Å². The second-order valence-electron chi connectivity index (χ2n) is 2.66. The molecule has 0 radical (unpaired) electrons. The van der Waals surface area contributed by atoms with Crippen molar-refractivity contribution in [2.75, 3.05) is 30.9 Å². The number of alkyl halides is 3. The predicted molar refractivity (Wildman–Crippen MR) is 56.5 cm³/mol. The van der Waals surface area contributed by atoms with Gasteiger partial charge >= 0.3 is 6.18 Å². The van der Waals surface area contributed by atoms with E-state index in [1.165, 1.54) is 5.32 Å². The van der Waals surface area contributed by atoms with Gasteiger partial charge in [-0.3, -0.25) is 0 Å². The number of hydrogen-bond donors (Lipinski definition) is 1. The lowest BCUT2D eigenvalue weighted by Gasteiger charge is -2.29. The lowest BCUT2D eigenvalue weighted by molar-refractivity contribution is -0.137. The van der Waals surface area contributed by atoms with Gasteiger partial charge in [-0.1, -0.05) is 0 Å². The monoisotopic (exact) mass is 242 g/mol. The maximum absolute atomic E-state index is 13.1. The van der Waals surface area contributed by atoms with Crippen LogP contribution in [0.5, 0.6) is 0 Å². The number of nitrogens with zero attached hydrogens (tertiary/aromatic N) is 1. The SMILES string of the molecule is [2H]c1c([2H])c(C(F)(F)F)c([2H])c([2H])c1N1C([2H])([2H])C([2H])([2H])NC([2H])([2H])C1([2H])[2H]. The minimum atomic E-state index is -5.30. The van der Waals surface area contributed by atoms with Gasteiger partial charge in [0.05, 0.1) is 16.5 Å². The lowest BCUT2D eigenvalue weighted by Crippen LogP contribution is -2.43. The van der Waals surface area contributed by atoms with Crippen LogP contribution in [-0.4, -0.2) is 26.0 Å². The van der Waals surface area contributed by atoms with Crippen molar-refractivity contribution in [3.05, 3.63) is 29.7 Å². The number of nitrogens with one attached hydrogen (secondary N) is 1. The molecule has 0 spiro atoms. The second kappa shape index (κ2) is 4.33. The van der Waals surface area contributed by atoms with Crippen LogP contribution >= 0.6 is 0 Å². The molecule has 1 saturated heterocycles. The fourth-order valence-electron chi connectivity index (χ4n) is 0.898. The summed E-state index contributed by atoms with van der Waals surface area (Å²) >= 11 is 0. The number of rotatable bonds is 1. The summed E-state index contributed by atoms with van der Waals surface area (Å²) in [6.45, 7) is -13.7. The molecule has 1 heterocycles. The molecule has 0 saturated carbocycles. The first-order chi connectivity index (χ1) is 12.2. The minimum absolute atomic E-state index is 0.322. The summed E-state index contributed by atoms with van der Waals surface area (Å²) < 4.78 is 132. The molecule has 1 aliphatic rings. The Kier molecular flexibility index (Phi) is 0.983. The molecule has 0 bridgehead atoms. The highest BCUT2D eigenvalue weighted by atomic mass is 19.4. The first kappa shape index (κ1) is 3.63. The smallest absolute Gasteiger partial charge is 0.369 e. The molecule has 1 fully saturated rings. The van der Waals surface area contributed by atoms with Crippen molar-refractivity contribution in [1.82, 2.24) is 5.32 Å². The third-order valence-electron chi connectivity index (χ3n) is 1.58. The van der Waals surface area contributed by atoms with Crippen LogP contribution in [0.25, 0.3) is 0 Å². The average molecular weight is 242 g/mol. The molecule has 0 aliphatic carbocycles. The van der Waals surface area contributed by atoms with Crippen molar-refractivity contribution in [3.63, 3.8) is 0 Å². The fraction of sp³-hybridized carbons (Fsp3) is 0.455. The summed E-state index contributed by atoms with van der Waals surface area (Å²) in [4.78, 5) is -0.322. The Balaban J connectivity index is 2.96. The summed E-state index contributed by atoms with van der Waals surface area (Å²) in [6, 6.07) is -6.27. The van der Waals surface area contributed by atoms with E-state index in [0.29, 0.717) is 0 Å². The third-order valence-corrected chi connectivity index (χ3v) is 1.58. The van der Waals surface area contributed by atoms with Gasteiger partial charge in [0, 0.05) is 37.2 Å². The first-order valence-corrected chi connectivity index (χ1v) is 3.99. The summed E-state index contributed by atoms with van der Waals surface area (Å²) in [6.07, 6.45) is -5.30. The van der Waals surface area contributed by atoms with Gasteiger partial charge in [0.1, 0.15) is 0 Å². The molecule has 0 amide bonds. The molecule has 1 N–H and O–H groups in total. The fourth-order valence-corrected chi connectivity index (χ4v) is 0.898. The zero-order chi connectivity index (χ0) is 22.2. The van der Waals surface area contributed by atoms with E-state index in [1.807, 2.05) is 0 Å². The van der Waals surface area contributed by atoms with Gasteiger partial charge in [0.15, 0.2) is 0 Å². The van der Waals surface area contributed by atoms with Crippen LogP contribution in [0.3, 0.4) is 0 Å². The van der Waals surface area contributed by atoms with Crippen LogP contribution in [0.1, 0.15) is 22.0 Å². The summed E-state index contributed by atoms with van der Waals surface area (Å²) in [5, 5.41) is 1.49. The van der Waals surface area contributed by atoms with Gasteiger partial charge in [-0.05, 0) is 24.2 Å². The molecule has 2 nitrogen and oxygen atoms in total. The van der Waals surface area contributed by atoms with Gasteiger partial charge in [0.2, 0.25) is 0 Å². The van der Waals surface area contributed by atoms with Gasteiger partial charge in [-0.2, -0.15) is 13.2 Å². The van der Waals surface area contributed by atoms with Crippen molar-refractivity contribution in [2.24, 2.45) is 0 Å². The van der Waals surface area contributed by atoms with Crippen molar-refractivity contribution in [2.45, 2.75) is 6.18 Å². The van der Waals surface area contributed by atoms with Crippen molar-refractivity contribution < 1.29 is 29.6 Å². The number of piperazine rings is 1. The van der Waals surface area contributed by atoms with Crippen molar-refractivity contribution in [1.29, 1.82) is 0 Å². The number of hydrogen-bond acceptors (Lipinski definition) is 2. The van der Waals surface area contributed by atoms with Crippen LogP contribution in [0, 0.1) is 0 Å². The number of halogens is 3. The molecule has 0 atom stereocenters. The Morgan fingerprint density at radius 1 is 1.19 bits per heavy atom. The normalized spacial score (nSPS) is 41.1. The molecule has 2 rings (SSSR count). The third kappa shape index (κ3) is 2.47. The molecule has 16 heavy (non-hydrogen) atoms. The Bertz CT molecular complexity index is 767. The van der Waals surface area contributed by atoms with Crippen molar-refractivity contribution >= 4 is 5.69 Å². The molecule has 5 heteroatoms.